The first-order valence-electron chi connectivity index (χ1n) is 37.7. The minimum atomic E-state index is 0.384. The highest BCUT2D eigenvalue weighted by Gasteiger charge is 2.27. The van der Waals surface area contributed by atoms with Crippen LogP contribution in [0.4, 0.5) is 34.1 Å². The molecular formula is C97H112BrClN6O6. The van der Waals surface area contributed by atoms with E-state index in [2.05, 4.69) is 191 Å². The molecule has 0 unspecified atom stereocenters. The van der Waals surface area contributed by atoms with Crippen molar-refractivity contribution in [3.05, 3.63) is 350 Å². The maximum Gasteiger partial charge on any atom is 0.122 e. The van der Waals surface area contributed by atoms with Crippen molar-refractivity contribution in [2.75, 3.05) is 34.4 Å². The van der Waals surface area contributed by atoms with Crippen molar-refractivity contribution in [3.63, 3.8) is 0 Å². The van der Waals surface area contributed by atoms with Crippen LogP contribution in [0, 0.1) is 96.9 Å². The highest BCUT2D eigenvalue weighted by atomic mass is 79.9. The van der Waals surface area contributed by atoms with Crippen molar-refractivity contribution < 1.29 is 28.4 Å². The Labute approximate surface area is 673 Å². The summed E-state index contributed by atoms with van der Waals surface area (Å²) in [7, 11) is 0. The number of anilines is 6. The van der Waals surface area contributed by atoms with Crippen LogP contribution in [0.15, 0.2) is 223 Å². The Hall–Kier alpha value is -11.0. The number of halogens is 2. The van der Waals surface area contributed by atoms with Crippen molar-refractivity contribution in [1.82, 2.24) is 0 Å². The highest BCUT2D eigenvalue weighted by molar-refractivity contribution is 9.10. The van der Waals surface area contributed by atoms with Gasteiger partial charge in [-0.25, -0.2) is 0 Å². The molecule has 1 aliphatic rings. The molecular weight excluding hydrogens is 1460 g/mol. The summed E-state index contributed by atoms with van der Waals surface area (Å²) in [5, 5.41) is 0.639. The number of hydrogen-bond acceptors (Lipinski definition) is 12. The molecule has 13 rings (SSSR count). The molecule has 1 saturated carbocycles. The molecule has 0 aromatic heterocycles. The normalized spacial score (nSPS) is 11.1. The molecule has 12 nitrogen and oxygen atoms in total. The van der Waals surface area contributed by atoms with Gasteiger partial charge >= 0.3 is 0 Å². The molecule has 1 fully saturated rings. The number of ether oxygens (including phenoxy) is 6. The van der Waals surface area contributed by atoms with Gasteiger partial charge < -0.3 is 62.8 Å². The smallest absolute Gasteiger partial charge is 0.122 e. The van der Waals surface area contributed by atoms with Crippen molar-refractivity contribution in [3.8, 4) is 34.5 Å². The summed E-state index contributed by atoms with van der Waals surface area (Å²) in [4.78, 5) is 0. The zero-order chi connectivity index (χ0) is 80.4. The summed E-state index contributed by atoms with van der Waals surface area (Å²) in [5.41, 5.74) is 66.1. The SMILES string of the molecule is CCc1cccc(N)c1COc1ccc(C)cc1C.Cc1ccc(OCc2c(C)cccc2N)c(C)c1.Cc1ccc(OCc2c(C)cccc2N)c(C)c1.Cc1ccc(OCc2c(N)cccc2Br)c(C)c1.Cc1ccc(OCc2c(N)cccc2C2CC2)c(C)c1.Cc1ccc(OCc2c(N)cccc2Cl)c(C)c1. The van der Waals surface area contributed by atoms with E-state index in [0.29, 0.717) is 56.3 Å². The maximum atomic E-state index is 6.13. The van der Waals surface area contributed by atoms with Crippen LogP contribution in [0.1, 0.15) is 148 Å². The third kappa shape index (κ3) is 25.8. The molecule has 0 aliphatic heterocycles. The van der Waals surface area contributed by atoms with E-state index in [1.807, 2.05) is 147 Å². The first-order chi connectivity index (χ1) is 53.1. The largest absolute Gasteiger partial charge is 0.489 e. The summed E-state index contributed by atoms with van der Waals surface area (Å²) in [6.45, 7) is 34.0. The topological polar surface area (TPSA) is 212 Å². The van der Waals surface area contributed by atoms with Gasteiger partial charge in [-0.1, -0.05) is 201 Å². The zero-order valence-electron chi connectivity index (χ0n) is 67.4. The van der Waals surface area contributed by atoms with Gasteiger partial charge in [-0.15, -0.1) is 0 Å². The van der Waals surface area contributed by atoms with Crippen molar-refractivity contribution in [1.29, 1.82) is 0 Å². The predicted molar refractivity (Wildman–Crippen MR) is 470 cm³/mol. The van der Waals surface area contributed by atoms with E-state index in [1.165, 1.54) is 74.0 Å². The Bertz CT molecular complexity index is 4600. The van der Waals surface area contributed by atoms with Gasteiger partial charge in [-0.3, -0.25) is 0 Å². The Morgan fingerprint density at radius 3 is 0.865 bits per heavy atom. The molecule has 580 valence electrons. The lowest BCUT2D eigenvalue weighted by Crippen LogP contribution is -2.04. The first kappa shape index (κ1) is 85.6. The monoisotopic (exact) mass is 1570 g/mol. The Morgan fingerprint density at radius 1 is 0.288 bits per heavy atom. The second-order valence-electron chi connectivity index (χ2n) is 28.8. The Morgan fingerprint density at radius 2 is 0.550 bits per heavy atom. The highest BCUT2D eigenvalue weighted by Crippen LogP contribution is 2.43. The van der Waals surface area contributed by atoms with Gasteiger partial charge in [0.05, 0.1) is 0 Å². The fraction of sp³-hybridized carbons (Fsp3) is 0.258. The fourth-order valence-corrected chi connectivity index (χ4v) is 13.4. The van der Waals surface area contributed by atoms with Crippen LogP contribution in [0.25, 0.3) is 0 Å². The van der Waals surface area contributed by atoms with Crippen LogP contribution in [-0.4, -0.2) is 0 Å². The van der Waals surface area contributed by atoms with E-state index < -0.39 is 0 Å². The zero-order valence-corrected chi connectivity index (χ0v) is 69.7. The van der Waals surface area contributed by atoms with Crippen LogP contribution >= 0.6 is 27.5 Å². The number of rotatable bonds is 20. The average molecular weight is 1570 g/mol. The lowest BCUT2D eigenvalue weighted by Gasteiger charge is -2.14. The number of aryl methyl sites for hydroxylation is 15. The van der Waals surface area contributed by atoms with Crippen molar-refractivity contribution in [2.45, 2.75) is 169 Å². The lowest BCUT2D eigenvalue weighted by atomic mass is 10.0. The molecule has 12 aromatic carbocycles. The van der Waals surface area contributed by atoms with Crippen LogP contribution in [0.3, 0.4) is 0 Å². The number of nitrogens with two attached hydrogens (primary N) is 6. The van der Waals surface area contributed by atoms with E-state index >= 15 is 0 Å². The van der Waals surface area contributed by atoms with Gasteiger partial charge in [0.1, 0.15) is 74.1 Å². The molecule has 0 saturated heterocycles. The van der Waals surface area contributed by atoms with Crippen molar-refractivity contribution >= 4 is 61.7 Å². The summed E-state index contributed by atoms with van der Waals surface area (Å²) in [5.74, 6) is 6.16. The van der Waals surface area contributed by atoms with Gasteiger partial charge in [0.2, 0.25) is 0 Å². The van der Waals surface area contributed by atoms with Gasteiger partial charge in [-0.05, 0) is 263 Å². The quantitative estimate of drug-likeness (QED) is 0.0394. The predicted octanol–water partition coefficient (Wildman–Crippen LogP) is 24.3. The van der Waals surface area contributed by atoms with Gasteiger partial charge in [0, 0.05) is 77.0 Å². The molecule has 0 spiro atoms. The fourth-order valence-electron chi connectivity index (χ4n) is 12.7. The molecule has 0 amide bonds. The third-order valence-corrected chi connectivity index (χ3v) is 20.5. The number of hydrogen-bond donors (Lipinski definition) is 6. The second-order valence-corrected chi connectivity index (χ2v) is 30.0. The maximum absolute atomic E-state index is 6.13. The van der Waals surface area contributed by atoms with Crippen LogP contribution in [-0.2, 0) is 46.1 Å². The van der Waals surface area contributed by atoms with E-state index in [0.717, 1.165) is 135 Å². The summed E-state index contributed by atoms with van der Waals surface area (Å²) in [6.07, 6.45) is 3.52. The molecule has 111 heavy (non-hydrogen) atoms. The Kier molecular flexibility index (Phi) is 32.2. The molecule has 14 heteroatoms. The number of nitrogen functional groups attached to an aromatic ring is 6. The minimum Gasteiger partial charge on any atom is -0.489 e. The van der Waals surface area contributed by atoms with E-state index in [-0.39, 0.29) is 0 Å². The molecule has 0 heterocycles. The van der Waals surface area contributed by atoms with Crippen molar-refractivity contribution in [2.24, 2.45) is 0 Å². The molecule has 1 aliphatic carbocycles. The van der Waals surface area contributed by atoms with Gasteiger partial charge in [-0.2, -0.15) is 0 Å². The molecule has 0 atom stereocenters. The second kappa shape index (κ2) is 41.7. The number of benzene rings is 12. The van der Waals surface area contributed by atoms with E-state index in [9.17, 15) is 0 Å². The van der Waals surface area contributed by atoms with Gasteiger partial charge in [0.15, 0.2) is 0 Å². The average Bonchev–Trinajstić information content (AvgIpc) is 1.66. The Balaban J connectivity index is 0.000000167. The first-order valence-corrected chi connectivity index (χ1v) is 38.9. The van der Waals surface area contributed by atoms with Crippen LogP contribution in [0.5, 0.6) is 34.5 Å². The third-order valence-electron chi connectivity index (χ3n) is 19.4. The van der Waals surface area contributed by atoms with Crippen LogP contribution in [0.2, 0.25) is 5.02 Å². The van der Waals surface area contributed by atoms with E-state index in [4.69, 9.17) is 74.4 Å². The van der Waals surface area contributed by atoms with Crippen LogP contribution < -0.4 is 62.8 Å². The summed E-state index contributed by atoms with van der Waals surface area (Å²) >= 11 is 9.59. The minimum absolute atomic E-state index is 0.384. The lowest BCUT2D eigenvalue weighted by molar-refractivity contribution is 0.303. The van der Waals surface area contributed by atoms with E-state index in [1.54, 1.807) is 0 Å². The molecule has 0 bridgehead atoms. The standard InChI is InChI=1S/C18H21NO.C17H21NO.2C16H19NO.C15H16BrNO.C15H16ClNO/c1-12-6-9-18(13(2)10-12)20-11-16-15(14-7-8-14)4-3-5-17(16)19;1-4-14-6-5-7-16(18)15(14)11-19-17-9-8-12(2)10-13(17)3;2*1-11-7-8-16(13(3)9-11)18-10-14-12(2)5-4-6-15(14)17;2*1-10-6-7-15(11(2)8-10)18-9-12-13(16)4-3-5-14(12)17/h3-6,9-10,14H,7-8,11,19H2,1-2H3;5-10H,4,11,18H2,1-3H3;2*4-9H,10,17H2,1-3H3;2*3-8H,9,17H2,1-2H3. The molecule has 0 radical (unpaired) electrons. The summed E-state index contributed by atoms with van der Waals surface area (Å²) in [6, 6.07) is 72.4. The molecule has 12 N–H and O–H groups in total. The van der Waals surface area contributed by atoms with Gasteiger partial charge in [0.25, 0.3) is 0 Å². The summed E-state index contributed by atoms with van der Waals surface area (Å²) < 4.78 is 36.2. The molecule has 12 aromatic rings.